The van der Waals surface area contributed by atoms with Crippen molar-refractivity contribution in [3.8, 4) is 0 Å². The number of hydrogen-bond acceptors (Lipinski definition) is 1. The Hall–Kier alpha value is -0.690. The van der Waals surface area contributed by atoms with Crippen LogP contribution in [0.4, 0.5) is 5.69 Å². The van der Waals surface area contributed by atoms with Crippen LogP contribution < -0.4 is 4.90 Å². The highest BCUT2D eigenvalue weighted by atomic mass is 35.5. The fourth-order valence-corrected chi connectivity index (χ4v) is 3.81. The summed E-state index contributed by atoms with van der Waals surface area (Å²) in [7, 11) is 0. The molecule has 2 unspecified atom stereocenters. The van der Waals surface area contributed by atoms with Crippen molar-refractivity contribution >= 4 is 17.3 Å². The Morgan fingerprint density at radius 1 is 1.00 bits per heavy atom. The van der Waals surface area contributed by atoms with E-state index in [-0.39, 0.29) is 0 Å². The lowest BCUT2D eigenvalue weighted by Crippen LogP contribution is -2.41. The summed E-state index contributed by atoms with van der Waals surface area (Å²) < 4.78 is 0. The lowest BCUT2D eigenvalue weighted by Gasteiger charge is -2.42. The summed E-state index contributed by atoms with van der Waals surface area (Å²) in [5.41, 5.74) is 2.60. The fraction of sp³-hybridized carbons (Fsp3) is 0.625. The first kappa shape index (κ1) is 12.3. The van der Waals surface area contributed by atoms with Gasteiger partial charge in [0.2, 0.25) is 0 Å². The van der Waals surface area contributed by atoms with Crippen molar-refractivity contribution in [1.29, 1.82) is 0 Å². The Bertz CT molecular complexity index is 387. The largest absolute Gasteiger partial charge is 0.371 e. The first-order chi connectivity index (χ1) is 8.86. The maximum atomic E-state index is 5.84. The van der Waals surface area contributed by atoms with Crippen LogP contribution in [0.2, 0.25) is 0 Å². The number of nitrogens with zero attached hydrogens (tertiary/aromatic N) is 1. The summed E-state index contributed by atoms with van der Waals surface area (Å²) in [4.78, 5) is 2.57. The van der Waals surface area contributed by atoms with Gasteiger partial charge in [-0.15, -0.1) is 11.6 Å². The lowest BCUT2D eigenvalue weighted by atomic mass is 9.75. The highest BCUT2D eigenvalue weighted by Crippen LogP contribution is 2.37. The quantitative estimate of drug-likeness (QED) is 0.713. The Morgan fingerprint density at radius 3 is 2.44 bits per heavy atom. The fourth-order valence-electron chi connectivity index (χ4n) is 3.63. The maximum absolute atomic E-state index is 5.84. The van der Waals surface area contributed by atoms with Gasteiger partial charge in [0, 0.05) is 24.7 Å². The van der Waals surface area contributed by atoms with Crippen molar-refractivity contribution in [2.24, 2.45) is 11.8 Å². The van der Waals surface area contributed by atoms with Gasteiger partial charge >= 0.3 is 0 Å². The van der Waals surface area contributed by atoms with E-state index in [4.69, 9.17) is 11.6 Å². The van der Waals surface area contributed by atoms with E-state index in [0.29, 0.717) is 5.88 Å². The molecule has 0 aromatic heterocycles. The van der Waals surface area contributed by atoms with E-state index in [0.717, 1.165) is 11.8 Å². The molecule has 2 fully saturated rings. The van der Waals surface area contributed by atoms with E-state index in [2.05, 4.69) is 29.2 Å². The summed E-state index contributed by atoms with van der Waals surface area (Å²) >= 11 is 5.84. The maximum Gasteiger partial charge on any atom is 0.0474 e. The smallest absolute Gasteiger partial charge is 0.0474 e. The molecular weight excluding hydrogens is 242 g/mol. The predicted molar refractivity (Wildman–Crippen MR) is 78.3 cm³/mol. The van der Waals surface area contributed by atoms with Crippen LogP contribution in [-0.2, 0) is 5.88 Å². The molecule has 1 nitrogen and oxygen atoms in total. The van der Waals surface area contributed by atoms with Gasteiger partial charge in [-0.1, -0.05) is 31.4 Å². The van der Waals surface area contributed by atoms with Crippen LogP contribution in [0, 0.1) is 11.8 Å². The highest BCUT2D eigenvalue weighted by Gasteiger charge is 2.30. The van der Waals surface area contributed by atoms with E-state index >= 15 is 0 Å². The van der Waals surface area contributed by atoms with Crippen LogP contribution >= 0.6 is 11.6 Å². The summed E-state index contributed by atoms with van der Waals surface area (Å²) in [6.45, 7) is 2.51. The van der Waals surface area contributed by atoms with Crippen molar-refractivity contribution in [3.63, 3.8) is 0 Å². The zero-order valence-electron chi connectivity index (χ0n) is 10.9. The number of hydrogen-bond donors (Lipinski definition) is 0. The number of rotatable bonds is 2. The molecule has 3 rings (SSSR count). The molecule has 0 amide bonds. The van der Waals surface area contributed by atoms with E-state index in [1.165, 1.54) is 56.4 Å². The Balaban J connectivity index is 1.69. The molecule has 1 aliphatic carbocycles. The molecule has 2 heteroatoms. The van der Waals surface area contributed by atoms with Crippen LogP contribution in [-0.4, -0.2) is 13.1 Å². The molecule has 18 heavy (non-hydrogen) atoms. The van der Waals surface area contributed by atoms with Gasteiger partial charge in [0.15, 0.2) is 0 Å². The second kappa shape index (κ2) is 5.52. The molecule has 0 spiro atoms. The molecule has 0 bridgehead atoms. The molecule has 1 heterocycles. The van der Waals surface area contributed by atoms with E-state index in [1.54, 1.807) is 0 Å². The first-order valence-corrected chi connectivity index (χ1v) is 7.80. The SMILES string of the molecule is ClCc1ccc(N2CCC3CCCCC3C2)cc1. The van der Waals surface area contributed by atoms with Gasteiger partial charge < -0.3 is 4.90 Å². The zero-order valence-corrected chi connectivity index (χ0v) is 11.7. The summed E-state index contributed by atoms with van der Waals surface area (Å²) in [5, 5.41) is 0. The molecule has 1 aromatic rings. The highest BCUT2D eigenvalue weighted by molar-refractivity contribution is 6.17. The molecule has 1 saturated heterocycles. The van der Waals surface area contributed by atoms with Crippen LogP contribution in [0.1, 0.15) is 37.7 Å². The number of anilines is 1. The minimum Gasteiger partial charge on any atom is -0.371 e. The van der Waals surface area contributed by atoms with E-state index in [9.17, 15) is 0 Å². The Labute approximate surface area is 115 Å². The summed E-state index contributed by atoms with van der Waals surface area (Å²) in [6.07, 6.45) is 7.22. The normalized spacial score (nSPS) is 27.9. The van der Waals surface area contributed by atoms with Crippen molar-refractivity contribution in [2.75, 3.05) is 18.0 Å². The molecular formula is C16H22ClN. The summed E-state index contributed by atoms with van der Waals surface area (Å²) in [5.74, 6) is 2.57. The number of fused-ring (bicyclic) bond motifs is 1. The molecule has 1 saturated carbocycles. The van der Waals surface area contributed by atoms with Crippen molar-refractivity contribution < 1.29 is 0 Å². The monoisotopic (exact) mass is 263 g/mol. The van der Waals surface area contributed by atoms with Crippen LogP contribution in [0.3, 0.4) is 0 Å². The number of piperidine rings is 1. The second-order valence-corrected chi connectivity index (χ2v) is 6.11. The molecule has 98 valence electrons. The van der Waals surface area contributed by atoms with Crippen LogP contribution in [0.15, 0.2) is 24.3 Å². The van der Waals surface area contributed by atoms with Gasteiger partial charge in [-0.3, -0.25) is 0 Å². The topological polar surface area (TPSA) is 3.24 Å². The Morgan fingerprint density at radius 2 is 1.72 bits per heavy atom. The van der Waals surface area contributed by atoms with Gasteiger partial charge in [-0.05, 0) is 42.4 Å². The average molecular weight is 264 g/mol. The standard InChI is InChI=1S/C16H22ClN/c17-11-13-5-7-16(8-6-13)18-10-9-14-3-1-2-4-15(14)12-18/h5-8,14-15H,1-4,9-12H2. The van der Waals surface area contributed by atoms with Crippen molar-refractivity contribution in [1.82, 2.24) is 0 Å². The second-order valence-electron chi connectivity index (χ2n) is 5.84. The minimum atomic E-state index is 0.616. The van der Waals surface area contributed by atoms with Gasteiger partial charge in [0.1, 0.15) is 0 Å². The predicted octanol–water partition coefficient (Wildman–Crippen LogP) is 4.44. The number of halogens is 1. The lowest BCUT2D eigenvalue weighted by molar-refractivity contribution is 0.202. The van der Waals surface area contributed by atoms with E-state index < -0.39 is 0 Å². The van der Waals surface area contributed by atoms with Crippen LogP contribution in [0.5, 0.6) is 0 Å². The third kappa shape index (κ3) is 2.51. The van der Waals surface area contributed by atoms with Gasteiger partial charge in [-0.25, -0.2) is 0 Å². The number of alkyl halides is 1. The molecule has 0 radical (unpaired) electrons. The average Bonchev–Trinajstić information content (AvgIpc) is 2.47. The molecule has 1 aliphatic heterocycles. The van der Waals surface area contributed by atoms with Crippen molar-refractivity contribution in [3.05, 3.63) is 29.8 Å². The zero-order chi connectivity index (χ0) is 12.4. The molecule has 2 aliphatic rings. The molecule has 1 aromatic carbocycles. The Kier molecular flexibility index (Phi) is 3.79. The van der Waals surface area contributed by atoms with Gasteiger partial charge in [-0.2, -0.15) is 0 Å². The molecule has 0 N–H and O–H groups in total. The third-order valence-corrected chi connectivity index (χ3v) is 5.06. The van der Waals surface area contributed by atoms with E-state index in [1.807, 2.05) is 0 Å². The van der Waals surface area contributed by atoms with Gasteiger partial charge in [0.25, 0.3) is 0 Å². The summed E-state index contributed by atoms with van der Waals surface area (Å²) in [6, 6.07) is 8.80. The van der Waals surface area contributed by atoms with Gasteiger partial charge in [0.05, 0.1) is 0 Å². The van der Waals surface area contributed by atoms with Crippen LogP contribution in [0.25, 0.3) is 0 Å². The minimum absolute atomic E-state index is 0.616. The third-order valence-electron chi connectivity index (χ3n) is 4.75. The first-order valence-electron chi connectivity index (χ1n) is 7.26. The molecule has 2 atom stereocenters. The van der Waals surface area contributed by atoms with Crippen molar-refractivity contribution in [2.45, 2.75) is 38.0 Å². The number of benzene rings is 1.